The topological polar surface area (TPSA) is 106 Å². The fourth-order valence-electron chi connectivity index (χ4n) is 9.95. The van der Waals surface area contributed by atoms with Gasteiger partial charge < -0.3 is 25.4 Å². The molecular weight excluding hydrogens is 832 g/mol. The van der Waals surface area contributed by atoms with Crippen LogP contribution in [0, 0.1) is 6.92 Å². The molecule has 0 saturated carbocycles. The second kappa shape index (κ2) is 15.8. The zero-order valence-electron chi connectivity index (χ0n) is 34.2. The van der Waals surface area contributed by atoms with Gasteiger partial charge in [0.25, 0.3) is 0 Å². The van der Waals surface area contributed by atoms with E-state index in [2.05, 4.69) is 51.6 Å². The maximum absolute atomic E-state index is 14.9. The Bertz CT molecular complexity index is 2650. The summed E-state index contributed by atoms with van der Waals surface area (Å²) in [7, 11) is 0. The first-order valence-electron chi connectivity index (χ1n) is 20.8. The number of alkyl halides is 4. The van der Waals surface area contributed by atoms with Crippen LogP contribution >= 0.6 is 11.6 Å². The van der Waals surface area contributed by atoms with Gasteiger partial charge in [-0.05, 0) is 60.7 Å². The summed E-state index contributed by atoms with van der Waals surface area (Å²) in [6, 6.07) is 33.3. The second-order valence-electron chi connectivity index (χ2n) is 16.5. The Morgan fingerprint density at radius 1 is 0.968 bits per heavy atom. The van der Waals surface area contributed by atoms with Crippen molar-refractivity contribution in [2.24, 2.45) is 4.99 Å². The molecule has 2 saturated heterocycles. The molecule has 4 aliphatic rings. The number of fused-ring (bicyclic) bond motifs is 1. The molecule has 63 heavy (non-hydrogen) atoms. The summed E-state index contributed by atoms with van der Waals surface area (Å²) >= 11 is 7.11. The lowest BCUT2D eigenvalue weighted by molar-refractivity contribution is -0.137. The van der Waals surface area contributed by atoms with E-state index in [4.69, 9.17) is 36.9 Å². The minimum Gasteiger partial charge on any atom is -0.462 e. The second-order valence-corrected chi connectivity index (χ2v) is 16.9. The third-order valence-electron chi connectivity index (χ3n) is 12.6. The zero-order chi connectivity index (χ0) is 43.5. The van der Waals surface area contributed by atoms with Crippen LogP contribution in [0.15, 0.2) is 133 Å². The van der Waals surface area contributed by atoms with E-state index in [9.17, 15) is 17.6 Å². The highest BCUT2D eigenvalue weighted by atomic mass is 35.5. The van der Waals surface area contributed by atoms with Crippen molar-refractivity contribution in [3.63, 3.8) is 0 Å². The van der Waals surface area contributed by atoms with Gasteiger partial charge in [-0.25, -0.2) is 14.4 Å². The van der Waals surface area contributed by atoms with Crippen molar-refractivity contribution < 1.29 is 27.0 Å². The Morgan fingerprint density at radius 2 is 1.63 bits per heavy atom. The molecule has 0 aliphatic carbocycles. The highest BCUT2D eigenvalue weighted by Crippen LogP contribution is 2.49. The lowest BCUT2D eigenvalue weighted by Gasteiger charge is -2.36. The number of pyridine rings is 1. The molecule has 322 valence electrons. The van der Waals surface area contributed by atoms with Crippen molar-refractivity contribution in [3.8, 4) is 17.0 Å². The number of anilines is 2. The number of halogens is 5. The van der Waals surface area contributed by atoms with E-state index < -0.39 is 34.7 Å². The van der Waals surface area contributed by atoms with Crippen LogP contribution < -0.4 is 15.8 Å². The highest BCUT2D eigenvalue weighted by Gasteiger charge is 2.50. The SMILES string of the molecule is Cc1cc(N)nc(-c2cc3c4c(c2Cl)NCN=C4N(Cc2cnn(C(c4ccccc4)(c4ccccc4)c4ccccc4)c2)C=C(OC[C@@]24CCCN2C[C@H](F)C4)O3)c1C(F)(F)F. The Kier molecular flexibility index (Phi) is 10.2. The minimum absolute atomic E-state index is 0.0105. The molecule has 10 nitrogen and oxygen atoms in total. The van der Waals surface area contributed by atoms with E-state index in [1.54, 1.807) is 6.20 Å². The first kappa shape index (κ1) is 40.7. The van der Waals surface area contributed by atoms with Gasteiger partial charge in [0, 0.05) is 30.3 Å². The van der Waals surface area contributed by atoms with Crippen molar-refractivity contribution in [3.05, 3.63) is 172 Å². The van der Waals surface area contributed by atoms with Gasteiger partial charge in [0.15, 0.2) is 0 Å². The maximum Gasteiger partial charge on any atom is 0.418 e. The molecule has 3 N–H and O–H groups in total. The van der Waals surface area contributed by atoms with Gasteiger partial charge in [-0.15, -0.1) is 0 Å². The molecule has 6 heterocycles. The Balaban J connectivity index is 1.10. The van der Waals surface area contributed by atoms with E-state index in [1.807, 2.05) is 76.6 Å². The lowest BCUT2D eigenvalue weighted by Crippen LogP contribution is -2.42. The number of hydrogen-bond donors (Lipinski definition) is 2. The fourth-order valence-corrected chi connectivity index (χ4v) is 10.3. The summed E-state index contributed by atoms with van der Waals surface area (Å²) in [6.45, 7) is 2.84. The smallest absolute Gasteiger partial charge is 0.418 e. The Labute approximate surface area is 366 Å². The summed E-state index contributed by atoms with van der Waals surface area (Å²) in [5.41, 5.74) is 7.68. The fraction of sp³-hybridized carbons (Fsp3) is 0.271. The van der Waals surface area contributed by atoms with Gasteiger partial charge in [-0.3, -0.25) is 9.58 Å². The van der Waals surface area contributed by atoms with Crippen LogP contribution in [-0.4, -0.2) is 68.5 Å². The summed E-state index contributed by atoms with van der Waals surface area (Å²) < 4.78 is 74.2. The quantitative estimate of drug-likeness (QED) is 0.104. The predicted molar refractivity (Wildman–Crippen MR) is 234 cm³/mol. The number of nitrogens with two attached hydrogens (primary N) is 1. The molecule has 10 rings (SSSR count). The number of nitrogens with one attached hydrogen (secondary N) is 1. The van der Waals surface area contributed by atoms with Crippen molar-refractivity contribution in [2.45, 2.75) is 56.2 Å². The number of benzene rings is 4. The third kappa shape index (κ3) is 7.05. The Morgan fingerprint density at radius 3 is 2.29 bits per heavy atom. The number of aromatic nitrogens is 3. The first-order valence-corrected chi connectivity index (χ1v) is 21.2. The molecule has 0 bridgehead atoms. The van der Waals surface area contributed by atoms with Crippen LogP contribution in [0.4, 0.5) is 29.1 Å². The number of aryl methyl sites for hydroxylation is 1. The largest absolute Gasteiger partial charge is 0.462 e. The molecule has 2 atom stereocenters. The van der Waals surface area contributed by atoms with E-state index in [1.165, 1.54) is 19.1 Å². The number of nitrogen functional groups attached to an aromatic ring is 1. The number of ether oxygens (including phenoxy) is 2. The molecule has 4 aliphatic heterocycles. The molecule has 4 aromatic carbocycles. The molecule has 2 aromatic heterocycles. The molecule has 0 spiro atoms. The monoisotopic (exact) mass is 874 g/mol. The maximum atomic E-state index is 14.9. The summed E-state index contributed by atoms with van der Waals surface area (Å²) in [4.78, 5) is 13.1. The molecule has 0 unspecified atom stereocenters. The van der Waals surface area contributed by atoms with Crippen LogP contribution in [0.2, 0.25) is 5.02 Å². The third-order valence-corrected chi connectivity index (χ3v) is 13.0. The van der Waals surface area contributed by atoms with Gasteiger partial charge in [-0.2, -0.15) is 18.3 Å². The molecule has 6 aromatic rings. The number of amidine groups is 1. The normalized spacial score (nSPS) is 19.7. The molecule has 0 amide bonds. The Hall–Kier alpha value is -6.38. The van der Waals surface area contributed by atoms with Gasteiger partial charge in [-0.1, -0.05) is 103 Å². The van der Waals surface area contributed by atoms with Crippen molar-refractivity contribution in [1.29, 1.82) is 0 Å². The highest BCUT2D eigenvalue weighted by molar-refractivity contribution is 6.37. The van der Waals surface area contributed by atoms with Crippen LogP contribution in [0.3, 0.4) is 0 Å². The number of rotatable bonds is 10. The van der Waals surface area contributed by atoms with Gasteiger partial charge in [0.05, 0.1) is 52.0 Å². The van der Waals surface area contributed by atoms with Crippen LogP contribution in [0.5, 0.6) is 5.75 Å². The van der Waals surface area contributed by atoms with Crippen LogP contribution in [-0.2, 0) is 23.0 Å². The summed E-state index contributed by atoms with van der Waals surface area (Å²) in [5, 5.41) is 8.25. The van der Waals surface area contributed by atoms with E-state index >= 15 is 0 Å². The van der Waals surface area contributed by atoms with E-state index in [-0.39, 0.29) is 53.5 Å². The summed E-state index contributed by atoms with van der Waals surface area (Å²) in [6.07, 6.45) is 1.75. The summed E-state index contributed by atoms with van der Waals surface area (Å²) in [5.74, 6) is 0.540. The van der Waals surface area contributed by atoms with E-state index in [0.717, 1.165) is 41.6 Å². The van der Waals surface area contributed by atoms with Crippen LogP contribution in [0.1, 0.15) is 58.2 Å². The molecule has 2 fully saturated rings. The van der Waals surface area contributed by atoms with Gasteiger partial charge >= 0.3 is 12.1 Å². The number of aliphatic imine (C=N–C) groups is 1. The van der Waals surface area contributed by atoms with Gasteiger partial charge in [0.1, 0.15) is 42.4 Å². The van der Waals surface area contributed by atoms with E-state index in [0.29, 0.717) is 30.1 Å². The number of hydrogen-bond acceptors (Lipinski definition) is 9. The predicted octanol–water partition coefficient (Wildman–Crippen LogP) is 9.76. The first-order chi connectivity index (χ1) is 30.4. The standard InChI is InChI=1S/C48H43ClF4N8O2/c1-30-20-38(54)58-43(41(30)48(51,52)53)36-21-37-40-44(42(36)49)55-29-56-45(40)59(27-39(63-37)62-28-46-18-11-19-60(46)26-35(50)22-46)24-31-23-57-61(25-31)47(32-12-5-2-6-13-32,33-14-7-3-8-15-33)34-16-9-4-10-17-34/h2-10,12-17,20-21,23,25,27,35,55H,11,18-19,22,24,26,28-29H2,1H3,(H2,54,58)/t35-,46+/m1/s1. The molecule has 0 radical (unpaired) electrons. The van der Waals surface area contributed by atoms with Gasteiger partial charge in [0.2, 0.25) is 0 Å². The average Bonchev–Trinajstić information content (AvgIpc) is 3.95. The number of nitrogens with zero attached hydrogens (tertiary/aromatic N) is 6. The van der Waals surface area contributed by atoms with Crippen LogP contribution in [0.25, 0.3) is 11.3 Å². The van der Waals surface area contributed by atoms with Crippen molar-refractivity contribution in [1.82, 2.24) is 24.6 Å². The van der Waals surface area contributed by atoms with Crippen molar-refractivity contribution in [2.75, 3.05) is 37.4 Å². The lowest BCUT2D eigenvalue weighted by atomic mass is 9.77. The molecular formula is C48H43ClF4N8O2. The van der Waals surface area contributed by atoms with Crippen molar-refractivity contribution >= 4 is 28.9 Å². The zero-order valence-corrected chi connectivity index (χ0v) is 35.0. The average molecular weight is 875 g/mol. The minimum atomic E-state index is -4.77. The molecule has 15 heteroatoms.